The van der Waals surface area contributed by atoms with Gasteiger partial charge in [0.05, 0.1) is 12.8 Å². The first-order valence-electron chi connectivity index (χ1n) is 8.51. The molecule has 30 heavy (non-hydrogen) atoms. The van der Waals surface area contributed by atoms with Crippen LogP contribution in [0.1, 0.15) is 21.8 Å². The van der Waals surface area contributed by atoms with Gasteiger partial charge in [0.15, 0.2) is 0 Å². The molecular formula is C19H14ClF3N4O3. The SMILES string of the molecule is O=C(NCC=NOCc1ccc(Cl)cc1)c1ccc(-c2noc(C(F)(F)F)n2)cc1. The summed E-state index contributed by atoms with van der Waals surface area (Å²) in [5.41, 5.74) is 1.47. The van der Waals surface area contributed by atoms with Crippen molar-refractivity contribution in [1.29, 1.82) is 0 Å². The molecule has 156 valence electrons. The summed E-state index contributed by atoms with van der Waals surface area (Å²) in [5, 5.41) is 10.3. The summed E-state index contributed by atoms with van der Waals surface area (Å²) in [6, 6.07) is 12.8. The molecule has 0 saturated heterocycles. The molecule has 0 unspecified atom stereocenters. The third kappa shape index (κ3) is 5.80. The average molecular weight is 439 g/mol. The molecule has 0 spiro atoms. The van der Waals surface area contributed by atoms with Crippen LogP contribution in [0.15, 0.2) is 58.2 Å². The van der Waals surface area contributed by atoms with E-state index in [-0.39, 0.29) is 24.5 Å². The van der Waals surface area contributed by atoms with Gasteiger partial charge in [-0.15, -0.1) is 0 Å². The topological polar surface area (TPSA) is 89.6 Å². The van der Waals surface area contributed by atoms with E-state index < -0.39 is 18.0 Å². The number of alkyl halides is 3. The van der Waals surface area contributed by atoms with Crippen molar-refractivity contribution in [2.24, 2.45) is 5.16 Å². The second kappa shape index (κ2) is 9.40. The zero-order valence-electron chi connectivity index (χ0n) is 15.2. The predicted molar refractivity (Wildman–Crippen MR) is 102 cm³/mol. The normalized spacial score (nSPS) is 11.6. The number of carbonyl (C=O) groups excluding carboxylic acids is 1. The van der Waals surface area contributed by atoms with Gasteiger partial charge in [-0.1, -0.05) is 46.2 Å². The summed E-state index contributed by atoms with van der Waals surface area (Å²) in [6.45, 7) is 0.385. The van der Waals surface area contributed by atoms with E-state index in [2.05, 4.69) is 25.1 Å². The van der Waals surface area contributed by atoms with Crippen molar-refractivity contribution in [2.75, 3.05) is 6.54 Å². The van der Waals surface area contributed by atoms with E-state index in [1.165, 1.54) is 30.5 Å². The molecule has 3 aromatic rings. The molecule has 0 aliphatic carbocycles. The molecule has 1 heterocycles. The Balaban J connectivity index is 1.46. The number of nitrogens with one attached hydrogen (secondary N) is 1. The summed E-state index contributed by atoms with van der Waals surface area (Å²) >= 11 is 5.79. The van der Waals surface area contributed by atoms with Gasteiger partial charge in [0, 0.05) is 16.1 Å². The largest absolute Gasteiger partial charge is 0.471 e. The van der Waals surface area contributed by atoms with Gasteiger partial charge >= 0.3 is 12.1 Å². The van der Waals surface area contributed by atoms with Crippen LogP contribution in [0.25, 0.3) is 11.4 Å². The molecule has 0 atom stereocenters. The Morgan fingerprint density at radius 1 is 1.17 bits per heavy atom. The number of rotatable bonds is 7. The van der Waals surface area contributed by atoms with Crippen LogP contribution >= 0.6 is 11.6 Å². The maximum Gasteiger partial charge on any atom is 0.471 e. The third-order valence-corrected chi connectivity index (χ3v) is 3.97. The summed E-state index contributed by atoms with van der Waals surface area (Å²) in [5.74, 6) is -2.05. The minimum absolute atomic E-state index is 0.126. The second-order valence-corrected chi connectivity index (χ2v) is 6.33. The molecule has 0 aliphatic rings. The van der Waals surface area contributed by atoms with Gasteiger partial charge in [0.1, 0.15) is 6.61 Å². The maximum atomic E-state index is 12.5. The van der Waals surface area contributed by atoms with Crippen LogP contribution in [0.3, 0.4) is 0 Å². The monoisotopic (exact) mass is 438 g/mol. The van der Waals surface area contributed by atoms with Crippen LogP contribution in [0.4, 0.5) is 13.2 Å². The molecule has 1 N–H and O–H groups in total. The van der Waals surface area contributed by atoms with Crippen molar-refractivity contribution in [1.82, 2.24) is 15.5 Å². The molecule has 0 bridgehead atoms. The summed E-state index contributed by atoms with van der Waals surface area (Å²) < 4.78 is 41.7. The van der Waals surface area contributed by atoms with E-state index >= 15 is 0 Å². The van der Waals surface area contributed by atoms with Gasteiger partial charge in [-0.25, -0.2) is 0 Å². The first-order chi connectivity index (χ1) is 14.3. The van der Waals surface area contributed by atoms with Crippen LogP contribution in [-0.2, 0) is 17.6 Å². The predicted octanol–water partition coefficient (Wildman–Crippen LogP) is 4.34. The molecule has 3 rings (SSSR count). The van der Waals surface area contributed by atoms with Crippen molar-refractivity contribution < 1.29 is 27.3 Å². The Morgan fingerprint density at radius 2 is 1.87 bits per heavy atom. The number of carbonyl (C=O) groups is 1. The highest BCUT2D eigenvalue weighted by molar-refractivity contribution is 6.30. The molecule has 0 fully saturated rings. The van der Waals surface area contributed by atoms with E-state index in [0.717, 1.165) is 5.56 Å². The summed E-state index contributed by atoms with van der Waals surface area (Å²) in [7, 11) is 0. The number of halogens is 4. The van der Waals surface area contributed by atoms with Gasteiger partial charge in [-0.05, 0) is 29.8 Å². The number of nitrogens with zero attached hydrogens (tertiary/aromatic N) is 3. The van der Waals surface area contributed by atoms with Crippen LogP contribution in [0, 0.1) is 0 Å². The molecule has 1 aromatic heterocycles. The lowest BCUT2D eigenvalue weighted by atomic mass is 10.1. The fourth-order valence-corrected chi connectivity index (χ4v) is 2.38. The van der Waals surface area contributed by atoms with E-state index in [1.54, 1.807) is 12.1 Å². The third-order valence-electron chi connectivity index (χ3n) is 3.72. The zero-order valence-corrected chi connectivity index (χ0v) is 15.9. The first-order valence-corrected chi connectivity index (χ1v) is 8.88. The number of aromatic nitrogens is 2. The molecule has 7 nitrogen and oxygen atoms in total. The van der Waals surface area contributed by atoms with Crippen LogP contribution in [-0.4, -0.2) is 28.8 Å². The number of oxime groups is 1. The van der Waals surface area contributed by atoms with Crippen LogP contribution in [0.5, 0.6) is 0 Å². The lowest BCUT2D eigenvalue weighted by molar-refractivity contribution is -0.159. The molecule has 1 amide bonds. The fraction of sp³-hybridized carbons (Fsp3) is 0.158. The first kappa shape index (κ1) is 21.3. The molecule has 11 heteroatoms. The van der Waals surface area contributed by atoms with Crippen LogP contribution < -0.4 is 5.32 Å². The highest BCUT2D eigenvalue weighted by Crippen LogP contribution is 2.29. The van der Waals surface area contributed by atoms with Gasteiger partial charge in [0.2, 0.25) is 5.82 Å². The van der Waals surface area contributed by atoms with E-state index in [4.69, 9.17) is 16.4 Å². The number of hydrogen-bond donors (Lipinski definition) is 1. The Kier molecular flexibility index (Phi) is 6.68. The lowest BCUT2D eigenvalue weighted by Gasteiger charge is -2.03. The smallest absolute Gasteiger partial charge is 0.391 e. The van der Waals surface area contributed by atoms with Crippen molar-refractivity contribution in [3.05, 3.63) is 70.6 Å². The van der Waals surface area contributed by atoms with Gasteiger partial charge < -0.3 is 14.7 Å². The van der Waals surface area contributed by atoms with Crippen LogP contribution in [0.2, 0.25) is 5.02 Å². The maximum absolute atomic E-state index is 12.5. The number of benzene rings is 2. The quantitative estimate of drug-likeness (QED) is 0.438. The highest BCUT2D eigenvalue weighted by atomic mass is 35.5. The van der Waals surface area contributed by atoms with E-state index in [1.807, 2.05) is 12.1 Å². The lowest BCUT2D eigenvalue weighted by Crippen LogP contribution is -2.25. The minimum Gasteiger partial charge on any atom is -0.391 e. The second-order valence-electron chi connectivity index (χ2n) is 5.90. The van der Waals surface area contributed by atoms with E-state index in [9.17, 15) is 18.0 Å². The Hall–Kier alpha value is -3.40. The minimum atomic E-state index is -4.72. The van der Waals surface area contributed by atoms with Crippen molar-refractivity contribution in [2.45, 2.75) is 12.8 Å². The van der Waals surface area contributed by atoms with Gasteiger partial charge in [0.25, 0.3) is 5.91 Å². The van der Waals surface area contributed by atoms with Gasteiger partial charge in [-0.3, -0.25) is 4.79 Å². The zero-order chi connectivity index (χ0) is 21.6. The fourth-order valence-electron chi connectivity index (χ4n) is 2.25. The molecule has 2 aromatic carbocycles. The Labute approximate surface area is 173 Å². The molecule has 0 radical (unpaired) electrons. The summed E-state index contributed by atoms with van der Waals surface area (Å²) in [4.78, 5) is 20.5. The number of hydrogen-bond acceptors (Lipinski definition) is 6. The Bertz CT molecular complexity index is 1020. The number of amides is 1. The van der Waals surface area contributed by atoms with Gasteiger partial charge in [-0.2, -0.15) is 18.2 Å². The van der Waals surface area contributed by atoms with Crippen molar-refractivity contribution in [3.63, 3.8) is 0 Å². The molecular weight excluding hydrogens is 425 g/mol. The van der Waals surface area contributed by atoms with Crippen molar-refractivity contribution >= 4 is 23.7 Å². The Morgan fingerprint density at radius 3 is 2.50 bits per heavy atom. The van der Waals surface area contributed by atoms with Crippen molar-refractivity contribution in [3.8, 4) is 11.4 Å². The summed E-state index contributed by atoms with van der Waals surface area (Å²) in [6.07, 6.45) is -3.33. The highest BCUT2D eigenvalue weighted by Gasteiger charge is 2.38. The standard InChI is InChI=1S/C19H14ClF3N4O3/c20-15-7-1-12(2-8-15)11-29-25-10-9-24-17(28)14-5-3-13(4-6-14)16-26-18(30-27-16)19(21,22)23/h1-8,10H,9,11H2,(H,24,28). The molecule has 0 saturated carbocycles. The molecule has 0 aliphatic heterocycles. The van der Waals surface area contributed by atoms with E-state index in [0.29, 0.717) is 10.6 Å². The average Bonchev–Trinajstić information content (AvgIpc) is 3.23.